The number of hydrogen-bond donors (Lipinski definition) is 1. The lowest BCUT2D eigenvalue weighted by atomic mass is 10.1. The molecule has 9 nitrogen and oxygen atoms in total. The summed E-state index contributed by atoms with van der Waals surface area (Å²) in [6.45, 7) is 0.535. The first kappa shape index (κ1) is 20.4. The Kier molecular flexibility index (Phi) is 5.33. The molecule has 2 aliphatic rings. The second-order valence-corrected chi connectivity index (χ2v) is 7.45. The lowest BCUT2D eigenvalue weighted by molar-refractivity contribution is -0.118. The van der Waals surface area contributed by atoms with E-state index in [1.165, 1.54) is 4.90 Å². The van der Waals surface area contributed by atoms with Gasteiger partial charge in [0.2, 0.25) is 11.9 Å². The topological polar surface area (TPSA) is 90.9 Å². The van der Waals surface area contributed by atoms with Crippen LogP contribution in [0, 0.1) is 0 Å². The molecule has 0 saturated carbocycles. The lowest BCUT2D eigenvalue weighted by Gasteiger charge is -2.27. The molecular weight excluding hydrogens is 396 g/mol. The molecule has 1 N–H and O–H groups in total. The molecule has 2 aromatic rings. The van der Waals surface area contributed by atoms with Crippen molar-refractivity contribution in [3.63, 3.8) is 0 Å². The van der Waals surface area contributed by atoms with Crippen LogP contribution in [0.4, 0.5) is 23.1 Å². The average molecular weight is 420 g/mol. The molecule has 9 heteroatoms. The van der Waals surface area contributed by atoms with Crippen LogP contribution in [0.2, 0.25) is 0 Å². The first-order chi connectivity index (χ1) is 14.9. The van der Waals surface area contributed by atoms with Crippen molar-refractivity contribution in [3.05, 3.63) is 53.9 Å². The maximum absolute atomic E-state index is 12.4. The number of anilines is 4. The molecule has 0 radical (unpaired) electrons. The molecule has 1 aliphatic carbocycles. The molecular formula is C22H24N6O3. The van der Waals surface area contributed by atoms with Gasteiger partial charge in [0, 0.05) is 45.4 Å². The summed E-state index contributed by atoms with van der Waals surface area (Å²) in [5.41, 5.74) is 2.79. The molecule has 0 fully saturated rings. The van der Waals surface area contributed by atoms with Gasteiger partial charge in [-0.2, -0.15) is 4.98 Å². The van der Waals surface area contributed by atoms with Gasteiger partial charge in [-0.05, 0) is 30.4 Å². The highest BCUT2D eigenvalue weighted by atomic mass is 16.5. The average Bonchev–Trinajstić information content (AvgIpc) is 2.84. The van der Waals surface area contributed by atoms with Gasteiger partial charge in [-0.25, -0.2) is 4.98 Å². The van der Waals surface area contributed by atoms with Crippen molar-refractivity contribution < 1.29 is 14.3 Å². The molecule has 2 heterocycles. The van der Waals surface area contributed by atoms with Gasteiger partial charge in [-0.3, -0.25) is 9.59 Å². The van der Waals surface area contributed by atoms with Crippen LogP contribution in [0.3, 0.4) is 0 Å². The number of ether oxygens (including phenoxy) is 1. The molecule has 160 valence electrons. The van der Waals surface area contributed by atoms with Crippen molar-refractivity contribution >= 4 is 35.0 Å². The Balaban J connectivity index is 1.68. The Bertz CT molecular complexity index is 1110. The zero-order valence-corrected chi connectivity index (χ0v) is 17.9. The number of allylic oxidation sites excluding steroid dienone is 3. The Morgan fingerprint density at radius 3 is 2.71 bits per heavy atom. The van der Waals surface area contributed by atoms with E-state index in [0.717, 1.165) is 5.70 Å². The Morgan fingerprint density at radius 2 is 2.06 bits per heavy atom. The van der Waals surface area contributed by atoms with Crippen LogP contribution in [0.5, 0.6) is 5.75 Å². The van der Waals surface area contributed by atoms with Gasteiger partial charge in [0.15, 0.2) is 5.82 Å². The molecule has 0 unspecified atom stereocenters. The second kappa shape index (κ2) is 8.10. The smallest absolute Gasteiger partial charge is 0.253 e. The zero-order chi connectivity index (χ0) is 22.1. The van der Waals surface area contributed by atoms with Crippen molar-refractivity contribution in [2.45, 2.75) is 6.42 Å². The Hall–Kier alpha value is -3.88. The predicted molar refractivity (Wildman–Crippen MR) is 119 cm³/mol. The summed E-state index contributed by atoms with van der Waals surface area (Å²) in [6.07, 6.45) is 7.94. The Morgan fingerprint density at radius 1 is 1.29 bits per heavy atom. The van der Waals surface area contributed by atoms with Crippen molar-refractivity contribution in [2.24, 2.45) is 0 Å². The van der Waals surface area contributed by atoms with Crippen LogP contribution in [-0.2, 0) is 4.79 Å². The van der Waals surface area contributed by atoms with Gasteiger partial charge < -0.3 is 24.8 Å². The lowest BCUT2D eigenvalue weighted by Crippen LogP contribution is -2.26. The summed E-state index contributed by atoms with van der Waals surface area (Å²) >= 11 is 0. The fourth-order valence-corrected chi connectivity index (χ4v) is 3.40. The minimum absolute atomic E-state index is 0.0137. The fraction of sp³-hybridized carbons (Fsp3) is 0.273. The minimum atomic E-state index is -0.115. The number of carbonyl (C=O) groups is 2. The number of nitrogens with one attached hydrogen (secondary N) is 1. The van der Waals surface area contributed by atoms with Crippen molar-refractivity contribution in [2.75, 3.05) is 49.9 Å². The van der Waals surface area contributed by atoms with E-state index in [-0.39, 0.29) is 11.8 Å². The summed E-state index contributed by atoms with van der Waals surface area (Å²) in [6, 6.07) is 5.16. The molecule has 0 atom stereocenters. The van der Waals surface area contributed by atoms with Crippen molar-refractivity contribution in [1.29, 1.82) is 0 Å². The van der Waals surface area contributed by atoms with E-state index in [1.807, 2.05) is 23.1 Å². The normalized spacial score (nSPS) is 15.0. The molecule has 1 aromatic carbocycles. The molecule has 1 aromatic heterocycles. The van der Waals surface area contributed by atoms with Gasteiger partial charge in [0.1, 0.15) is 11.4 Å². The van der Waals surface area contributed by atoms with Gasteiger partial charge >= 0.3 is 0 Å². The fourth-order valence-electron chi connectivity index (χ4n) is 3.40. The van der Waals surface area contributed by atoms with Crippen LogP contribution < -0.4 is 19.9 Å². The highest BCUT2D eigenvalue weighted by molar-refractivity contribution is 5.98. The number of amides is 2. The number of hydrogen-bond acceptors (Lipinski definition) is 7. The summed E-state index contributed by atoms with van der Waals surface area (Å²) in [7, 11) is 6.67. The second-order valence-electron chi connectivity index (χ2n) is 7.45. The van der Waals surface area contributed by atoms with E-state index in [9.17, 15) is 9.59 Å². The van der Waals surface area contributed by atoms with E-state index in [4.69, 9.17) is 9.72 Å². The quantitative estimate of drug-likeness (QED) is 0.795. The van der Waals surface area contributed by atoms with E-state index < -0.39 is 0 Å². The molecule has 0 bridgehead atoms. The number of rotatable bonds is 5. The minimum Gasteiger partial charge on any atom is -0.495 e. The highest BCUT2D eigenvalue weighted by Crippen LogP contribution is 2.35. The molecule has 4 rings (SSSR count). The van der Waals surface area contributed by atoms with Crippen LogP contribution in [-0.4, -0.2) is 61.5 Å². The van der Waals surface area contributed by atoms with Crippen LogP contribution in [0.15, 0.2) is 48.3 Å². The monoisotopic (exact) mass is 420 g/mol. The number of benzene rings is 1. The molecule has 0 spiro atoms. The van der Waals surface area contributed by atoms with Gasteiger partial charge in [-0.15, -0.1) is 0 Å². The third kappa shape index (κ3) is 3.81. The number of nitrogens with zero attached hydrogens (tertiary/aromatic N) is 5. The van der Waals surface area contributed by atoms with Crippen LogP contribution in [0.25, 0.3) is 0 Å². The summed E-state index contributed by atoms with van der Waals surface area (Å²) in [4.78, 5) is 38.8. The predicted octanol–water partition coefficient (Wildman–Crippen LogP) is 2.56. The molecule has 2 amide bonds. The maximum Gasteiger partial charge on any atom is 0.253 e. The number of aromatic nitrogens is 2. The van der Waals surface area contributed by atoms with Crippen molar-refractivity contribution in [1.82, 2.24) is 14.9 Å². The number of methoxy groups -OCH3 is 1. The highest BCUT2D eigenvalue weighted by Gasteiger charge is 2.28. The third-order valence-electron chi connectivity index (χ3n) is 5.24. The standard InChI is InChI=1S/C22H24N6O3/c1-26(2)21(30)14-8-9-16(18(12-14)31-4)24-22-23-13-17-20(25-22)28(15-6-5-7-15)11-10-19(29)27(17)3/h5-9,12-13H,10-11H2,1-4H3,(H,23,24,25). The molecule has 0 saturated heterocycles. The van der Waals surface area contributed by atoms with Crippen LogP contribution in [0.1, 0.15) is 16.8 Å². The van der Waals surface area contributed by atoms with Crippen LogP contribution >= 0.6 is 0 Å². The number of fused-ring (bicyclic) bond motifs is 1. The van der Waals surface area contributed by atoms with Gasteiger partial charge in [-0.1, -0.05) is 6.08 Å². The summed E-state index contributed by atoms with van der Waals surface area (Å²) in [5.74, 6) is 1.41. The largest absolute Gasteiger partial charge is 0.495 e. The number of carbonyl (C=O) groups excluding carboxylic acids is 2. The SMILES string of the molecule is COc1cc(C(=O)N(C)C)ccc1Nc1ncc2c(n1)N(C1=CC=C1)CCC(=O)N2C. The summed E-state index contributed by atoms with van der Waals surface area (Å²) in [5, 5.41) is 3.17. The van der Waals surface area contributed by atoms with Crippen molar-refractivity contribution in [3.8, 4) is 5.75 Å². The zero-order valence-electron chi connectivity index (χ0n) is 17.9. The van der Waals surface area contributed by atoms with Gasteiger partial charge in [0.05, 0.1) is 19.0 Å². The van der Waals surface area contributed by atoms with E-state index in [2.05, 4.69) is 10.3 Å². The Labute approximate surface area is 180 Å². The van der Waals surface area contributed by atoms with Gasteiger partial charge in [0.25, 0.3) is 5.91 Å². The molecule has 1 aliphatic heterocycles. The summed E-state index contributed by atoms with van der Waals surface area (Å²) < 4.78 is 5.47. The van der Waals surface area contributed by atoms with E-state index >= 15 is 0 Å². The van der Waals surface area contributed by atoms with E-state index in [0.29, 0.717) is 47.4 Å². The first-order valence-electron chi connectivity index (χ1n) is 9.85. The first-order valence-corrected chi connectivity index (χ1v) is 9.85. The maximum atomic E-state index is 12.4. The van der Waals surface area contributed by atoms with E-state index in [1.54, 1.807) is 57.5 Å². The molecule has 31 heavy (non-hydrogen) atoms. The third-order valence-corrected chi connectivity index (χ3v) is 5.24.